The van der Waals surface area contributed by atoms with Gasteiger partial charge in [0, 0.05) is 6.04 Å². The van der Waals surface area contributed by atoms with E-state index in [1.54, 1.807) is 6.21 Å². The van der Waals surface area contributed by atoms with Gasteiger partial charge in [0.2, 0.25) is 0 Å². The normalized spacial score (nSPS) is 14.3. The molecule has 0 spiro atoms. The van der Waals surface area contributed by atoms with Gasteiger partial charge in [-0.1, -0.05) is 6.07 Å². The van der Waals surface area contributed by atoms with Gasteiger partial charge in [-0.15, -0.1) is 0 Å². The minimum atomic E-state index is -0.727. The number of rotatable bonds is 3. The van der Waals surface area contributed by atoms with Crippen molar-refractivity contribution >= 4 is 18.0 Å². The Balaban J connectivity index is 1.94. The first-order valence-corrected chi connectivity index (χ1v) is 6.69. The highest BCUT2D eigenvalue weighted by atomic mass is 16.2. The average Bonchev–Trinajstić information content (AvgIpc) is 3.19. The van der Waals surface area contributed by atoms with Crippen LogP contribution in [-0.2, 0) is 9.59 Å². The summed E-state index contributed by atoms with van der Waals surface area (Å²) in [5, 5.41) is 6.44. The predicted octanol–water partition coefficient (Wildman–Crippen LogP) is 1.34. The Morgan fingerprint density at radius 2 is 1.75 bits per heavy atom. The standard InChI is InChI=1S/C15H19N3O2/c1-9-6-11(3)12(7-10(9)2)8-16-18-15(20)14(19)17-13-4-5-13/h6-8,13H,4-5H2,1-3H3,(H,17,19)(H,18,20)/b16-8-. The second kappa shape index (κ2) is 5.86. The van der Waals surface area contributed by atoms with Gasteiger partial charge in [0.05, 0.1) is 6.21 Å². The molecule has 5 nitrogen and oxygen atoms in total. The fraction of sp³-hybridized carbons (Fsp3) is 0.400. The topological polar surface area (TPSA) is 70.6 Å². The van der Waals surface area contributed by atoms with Crippen LogP contribution in [0.4, 0.5) is 0 Å². The van der Waals surface area contributed by atoms with Crippen LogP contribution < -0.4 is 10.7 Å². The third-order valence-corrected chi connectivity index (χ3v) is 3.37. The number of hydrogen-bond acceptors (Lipinski definition) is 3. The Kier molecular flexibility index (Phi) is 4.17. The summed E-state index contributed by atoms with van der Waals surface area (Å²) in [6.07, 6.45) is 3.46. The number of nitrogens with zero attached hydrogens (tertiary/aromatic N) is 1. The largest absolute Gasteiger partial charge is 0.345 e. The van der Waals surface area contributed by atoms with Gasteiger partial charge in [-0.3, -0.25) is 9.59 Å². The van der Waals surface area contributed by atoms with Crippen molar-refractivity contribution in [2.45, 2.75) is 39.7 Å². The van der Waals surface area contributed by atoms with E-state index in [2.05, 4.69) is 21.9 Å². The fourth-order valence-electron chi connectivity index (χ4n) is 1.81. The highest BCUT2D eigenvalue weighted by Gasteiger charge is 2.26. The molecule has 2 amide bonds. The summed E-state index contributed by atoms with van der Waals surface area (Å²) in [6, 6.07) is 4.24. The van der Waals surface area contributed by atoms with Crippen molar-refractivity contribution in [2.75, 3.05) is 0 Å². The lowest BCUT2D eigenvalue weighted by molar-refractivity contribution is -0.139. The Hall–Kier alpha value is -2.17. The lowest BCUT2D eigenvalue weighted by Crippen LogP contribution is -2.38. The molecule has 1 saturated carbocycles. The van der Waals surface area contributed by atoms with Gasteiger partial charge >= 0.3 is 11.8 Å². The van der Waals surface area contributed by atoms with Crippen molar-refractivity contribution in [3.8, 4) is 0 Å². The quantitative estimate of drug-likeness (QED) is 0.495. The van der Waals surface area contributed by atoms with Gasteiger partial charge in [-0.05, 0) is 61.9 Å². The van der Waals surface area contributed by atoms with Crippen LogP contribution in [0.25, 0.3) is 0 Å². The number of nitrogens with one attached hydrogen (secondary N) is 2. The van der Waals surface area contributed by atoms with Crippen molar-refractivity contribution in [3.05, 3.63) is 34.4 Å². The SMILES string of the molecule is Cc1cc(C)c(/C=N\NC(=O)C(=O)NC2CC2)cc1C. The molecular weight excluding hydrogens is 254 g/mol. The Labute approximate surface area is 118 Å². The molecular formula is C15H19N3O2. The molecule has 2 rings (SSSR count). The molecule has 0 heterocycles. The summed E-state index contributed by atoms with van der Waals surface area (Å²) in [5.74, 6) is -1.35. The van der Waals surface area contributed by atoms with Crippen LogP contribution in [0.15, 0.2) is 17.2 Å². The van der Waals surface area contributed by atoms with E-state index in [0.717, 1.165) is 29.5 Å². The zero-order valence-electron chi connectivity index (χ0n) is 12.0. The molecule has 0 aromatic heterocycles. The van der Waals surface area contributed by atoms with Crippen molar-refractivity contribution in [2.24, 2.45) is 5.10 Å². The second-order valence-electron chi connectivity index (χ2n) is 5.24. The predicted molar refractivity (Wildman–Crippen MR) is 77.6 cm³/mol. The summed E-state index contributed by atoms with van der Waals surface area (Å²) >= 11 is 0. The number of hydrazone groups is 1. The number of aryl methyl sites for hydroxylation is 3. The third-order valence-electron chi connectivity index (χ3n) is 3.37. The van der Waals surface area contributed by atoms with Crippen LogP contribution in [-0.4, -0.2) is 24.1 Å². The molecule has 5 heteroatoms. The molecule has 0 unspecified atom stereocenters. The van der Waals surface area contributed by atoms with Gasteiger partial charge in [0.15, 0.2) is 0 Å². The molecule has 1 aliphatic carbocycles. The second-order valence-corrected chi connectivity index (χ2v) is 5.24. The van der Waals surface area contributed by atoms with E-state index in [4.69, 9.17) is 0 Å². The maximum Gasteiger partial charge on any atom is 0.329 e. The zero-order chi connectivity index (χ0) is 14.7. The molecule has 0 aliphatic heterocycles. The molecule has 2 N–H and O–H groups in total. The minimum absolute atomic E-state index is 0.166. The lowest BCUT2D eigenvalue weighted by atomic mass is 10.0. The first-order valence-electron chi connectivity index (χ1n) is 6.69. The van der Waals surface area contributed by atoms with Crippen molar-refractivity contribution < 1.29 is 9.59 Å². The molecule has 1 aliphatic rings. The van der Waals surface area contributed by atoms with E-state index in [0.29, 0.717) is 0 Å². The number of hydrogen-bond donors (Lipinski definition) is 2. The lowest BCUT2D eigenvalue weighted by Gasteiger charge is -2.05. The number of benzene rings is 1. The molecule has 1 fully saturated rings. The maximum absolute atomic E-state index is 11.5. The molecule has 1 aromatic carbocycles. The molecule has 0 radical (unpaired) electrons. The summed E-state index contributed by atoms with van der Waals surface area (Å²) < 4.78 is 0. The molecule has 0 saturated heterocycles. The van der Waals surface area contributed by atoms with Crippen molar-refractivity contribution in [1.82, 2.24) is 10.7 Å². The van der Waals surface area contributed by atoms with Gasteiger partial charge in [-0.25, -0.2) is 5.43 Å². The molecule has 1 aromatic rings. The van der Waals surface area contributed by atoms with Gasteiger partial charge < -0.3 is 5.32 Å². The van der Waals surface area contributed by atoms with Crippen LogP contribution in [0.5, 0.6) is 0 Å². The summed E-state index contributed by atoms with van der Waals surface area (Å²) in [5.41, 5.74) is 6.63. The minimum Gasteiger partial charge on any atom is -0.345 e. The Bertz CT molecular complexity index is 575. The van der Waals surface area contributed by atoms with Crippen LogP contribution in [0.3, 0.4) is 0 Å². The molecule has 0 atom stereocenters. The van der Waals surface area contributed by atoms with Gasteiger partial charge in [0.25, 0.3) is 0 Å². The van der Waals surface area contributed by atoms with E-state index < -0.39 is 11.8 Å². The van der Waals surface area contributed by atoms with Crippen LogP contribution in [0, 0.1) is 20.8 Å². The Morgan fingerprint density at radius 3 is 2.40 bits per heavy atom. The van der Waals surface area contributed by atoms with Crippen molar-refractivity contribution in [1.29, 1.82) is 0 Å². The molecule has 106 valence electrons. The highest BCUT2D eigenvalue weighted by molar-refractivity contribution is 6.35. The number of carbonyl (C=O) groups excluding carboxylic acids is 2. The average molecular weight is 273 g/mol. The van der Waals surface area contributed by atoms with E-state index in [-0.39, 0.29) is 6.04 Å². The summed E-state index contributed by atoms with van der Waals surface area (Å²) in [7, 11) is 0. The zero-order valence-corrected chi connectivity index (χ0v) is 12.0. The van der Waals surface area contributed by atoms with E-state index in [1.807, 2.05) is 26.8 Å². The highest BCUT2D eigenvalue weighted by Crippen LogP contribution is 2.18. The monoisotopic (exact) mass is 273 g/mol. The van der Waals surface area contributed by atoms with Crippen LogP contribution in [0.2, 0.25) is 0 Å². The molecule has 20 heavy (non-hydrogen) atoms. The van der Waals surface area contributed by atoms with Crippen molar-refractivity contribution in [3.63, 3.8) is 0 Å². The van der Waals surface area contributed by atoms with E-state index in [9.17, 15) is 9.59 Å². The van der Waals surface area contributed by atoms with E-state index >= 15 is 0 Å². The van der Waals surface area contributed by atoms with Gasteiger partial charge in [0.1, 0.15) is 0 Å². The first kappa shape index (κ1) is 14.2. The van der Waals surface area contributed by atoms with Crippen LogP contribution >= 0.6 is 0 Å². The summed E-state index contributed by atoms with van der Waals surface area (Å²) in [6.45, 7) is 6.05. The smallest absolute Gasteiger partial charge is 0.329 e. The van der Waals surface area contributed by atoms with Gasteiger partial charge in [-0.2, -0.15) is 5.10 Å². The Morgan fingerprint density at radius 1 is 1.10 bits per heavy atom. The molecule has 0 bridgehead atoms. The summed E-state index contributed by atoms with van der Waals surface area (Å²) in [4.78, 5) is 22.9. The van der Waals surface area contributed by atoms with E-state index in [1.165, 1.54) is 5.56 Å². The first-order chi connectivity index (χ1) is 9.47. The van der Waals surface area contributed by atoms with Crippen LogP contribution in [0.1, 0.15) is 35.1 Å². The fourth-order valence-corrected chi connectivity index (χ4v) is 1.81. The maximum atomic E-state index is 11.5. The number of amides is 2. The number of carbonyl (C=O) groups is 2. The third kappa shape index (κ3) is 3.66.